The van der Waals surface area contributed by atoms with Crippen LogP contribution in [0.1, 0.15) is 22.5 Å². The molecule has 3 rings (SSSR count). The minimum Gasteiger partial charge on any atom is -0.355 e. The third kappa shape index (κ3) is 2.72. The van der Waals surface area contributed by atoms with Crippen molar-refractivity contribution < 1.29 is 0 Å². The summed E-state index contributed by atoms with van der Waals surface area (Å²) in [5.41, 5.74) is 6.26. The molecule has 1 heterocycles. The van der Waals surface area contributed by atoms with Gasteiger partial charge in [0.25, 0.3) is 0 Å². The third-order valence-electron chi connectivity index (χ3n) is 3.58. The van der Waals surface area contributed by atoms with Crippen molar-refractivity contribution in [2.45, 2.75) is 0 Å². The van der Waals surface area contributed by atoms with Gasteiger partial charge >= 0.3 is 0 Å². The summed E-state index contributed by atoms with van der Waals surface area (Å²) in [6.07, 6.45) is 0. The van der Waals surface area contributed by atoms with Crippen LogP contribution in [0.25, 0.3) is 11.1 Å². The van der Waals surface area contributed by atoms with Crippen molar-refractivity contribution >= 4 is 11.1 Å². The van der Waals surface area contributed by atoms with Gasteiger partial charge in [0.2, 0.25) is 0 Å². The first kappa shape index (κ1) is 13.2. The Kier molecular flexibility index (Phi) is 3.57. The maximum atomic E-state index is 4.18. The van der Waals surface area contributed by atoms with Crippen LogP contribution in [0, 0.1) is 0 Å². The van der Waals surface area contributed by atoms with Gasteiger partial charge in [-0.2, -0.15) is 0 Å². The van der Waals surface area contributed by atoms with Crippen molar-refractivity contribution in [2.75, 3.05) is 0 Å². The van der Waals surface area contributed by atoms with Crippen LogP contribution in [0.4, 0.5) is 0 Å². The highest BCUT2D eigenvalue weighted by Gasteiger charge is 2.08. The molecule has 1 aromatic heterocycles. The van der Waals surface area contributed by atoms with E-state index in [0.29, 0.717) is 0 Å². The number of benzene rings is 2. The molecule has 0 bridgehead atoms. The van der Waals surface area contributed by atoms with Crippen molar-refractivity contribution in [1.82, 2.24) is 4.98 Å². The van der Waals surface area contributed by atoms with Gasteiger partial charge in [0.15, 0.2) is 0 Å². The van der Waals surface area contributed by atoms with Crippen LogP contribution in [-0.2, 0) is 0 Å². The van der Waals surface area contributed by atoms with Gasteiger partial charge in [0, 0.05) is 11.4 Å². The van der Waals surface area contributed by atoms with Crippen LogP contribution < -0.4 is 0 Å². The first-order valence-corrected chi connectivity index (χ1v) is 6.94. The van der Waals surface area contributed by atoms with E-state index in [1.807, 2.05) is 36.4 Å². The van der Waals surface area contributed by atoms with Crippen molar-refractivity contribution in [3.8, 4) is 0 Å². The summed E-state index contributed by atoms with van der Waals surface area (Å²) in [7, 11) is 0. The van der Waals surface area contributed by atoms with Gasteiger partial charge in [-0.1, -0.05) is 73.8 Å². The number of aromatic amines is 1. The lowest BCUT2D eigenvalue weighted by Crippen LogP contribution is -1.89. The molecule has 0 aliphatic carbocycles. The summed E-state index contributed by atoms with van der Waals surface area (Å²) < 4.78 is 0. The Balaban J connectivity index is 1.87. The normalized spacial score (nSPS) is 10.3. The van der Waals surface area contributed by atoms with Crippen molar-refractivity contribution in [3.05, 3.63) is 108 Å². The van der Waals surface area contributed by atoms with E-state index in [2.05, 4.69) is 54.5 Å². The number of aromatic nitrogens is 1. The maximum absolute atomic E-state index is 4.18. The largest absolute Gasteiger partial charge is 0.355 e. The third-order valence-corrected chi connectivity index (χ3v) is 3.58. The van der Waals surface area contributed by atoms with Gasteiger partial charge in [0.1, 0.15) is 0 Å². The van der Waals surface area contributed by atoms with E-state index in [4.69, 9.17) is 0 Å². The van der Waals surface area contributed by atoms with Crippen LogP contribution >= 0.6 is 0 Å². The predicted molar refractivity (Wildman–Crippen MR) is 89.9 cm³/mol. The lowest BCUT2D eigenvalue weighted by Gasteiger charge is -2.05. The van der Waals surface area contributed by atoms with E-state index >= 15 is 0 Å². The molecule has 0 radical (unpaired) electrons. The number of nitrogens with one attached hydrogen (secondary N) is 1. The first-order chi connectivity index (χ1) is 10.3. The lowest BCUT2D eigenvalue weighted by atomic mass is 10.1. The van der Waals surface area contributed by atoms with Gasteiger partial charge in [-0.05, 0) is 34.4 Å². The maximum Gasteiger partial charge on any atom is 0.0458 e. The van der Waals surface area contributed by atoms with Crippen LogP contribution in [-0.4, -0.2) is 4.98 Å². The summed E-state index contributed by atoms with van der Waals surface area (Å²) in [6, 6.07) is 24.5. The lowest BCUT2D eigenvalue weighted by molar-refractivity contribution is 1.30. The Bertz CT molecular complexity index is 698. The van der Waals surface area contributed by atoms with Crippen LogP contribution in [0.5, 0.6) is 0 Å². The smallest absolute Gasteiger partial charge is 0.0458 e. The Labute approximate surface area is 125 Å². The Hall–Kier alpha value is -2.80. The molecule has 102 valence electrons. The minimum absolute atomic E-state index is 0.989. The van der Waals surface area contributed by atoms with Crippen molar-refractivity contribution in [3.63, 3.8) is 0 Å². The van der Waals surface area contributed by atoms with E-state index < -0.39 is 0 Å². The molecule has 0 spiro atoms. The second-order valence-electron chi connectivity index (χ2n) is 4.97. The number of hydrogen-bond donors (Lipinski definition) is 1. The molecular formula is C20H17N. The molecule has 1 heteroatoms. The summed E-state index contributed by atoms with van der Waals surface area (Å²) in [5.74, 6) is 0. The van der Waals surface area contributed by atoms with E-state index in [1.165, 1.54) is 0 Å². The van der Waals surface area contributed by atoms with Gasteiger partial charge < -0.3 is 4.98 Å². The average Bonchev–Trinajstić information content (AvgIpc) is 3.05. The number of H-pyrrole nitrogens is 1. The fourth-order valence-electron chi connectivity index (χ4n) is 2.34. The summed E-state index contributed by atoms with van der Waals surface area (Å²) in [5, 5.41) is 0. The molecular weight excluding hydrogens is 254 g/mol. The SMILES string of the molecule is C=C(c1ccccc1)c1ccc(C(=C)c2ccccc2)[nH]1. The topological polar surface area (TPSA) is 15.8 Å². The Morgan fingerprint density at radius 2 is 0.952 bits per heavy atom. The molecule has 1 N–H and O–H groups in total. The van der Waals surface area contributed by atoms with E-state index in [1.54, 1.807) is 0 Å². The highest BCUT2D eigenvalue weighted by Crippen LogP contribution is 2.25. The monoisotopic (exact) mass is 271 g/mol. The Morgan fingerprint density at radius 1 is 0.571 bits per heavy atom. The fraction of sp³-hybridized carbons (Fsp3) is 0. The summed E-state index contributed by atoms with van der Waals surface area (Å²) in [4.78, 5) is 3.41. The van der Waals surface area contributed by atoms with Gasteiger partial charge in [0.05, 0.1) is 0 Å². The molecule has 3 aromatic rings. The molecule has 0 atom stereocenters. The van der Waals surface area contributed by atoms with Gasteiger partial charge in [-0.25, -0.2) is 0 Å². The van der Waals surface area contributed by atoms with Gasteiger partial charge in [-0.15, -0.1) is 0 Å². The highest BCUT2D eigenvalue weighted by atomic mass is 14.7. The molecule has 0 aliphatic heterocycles. The molecule has 21 heavy (non-hydrogen) atoms. The van der Waals surface area contributed by atoms with Crippen LogP contribution in [0.15, 0.2) is 86.0 Å². The summed E-state index contributed by atoms with van der Waals surface area (Å²) >= 11 is 0. The Morgan fingerprint density at radius 3 is 1.33 bits per heavy atom. The van der Waals surface area contributed by atoms with Crippen molar-refractivity contribution in [2.24, 2.45) is 0 Å². The zero-order valence-corrected chi connectivity index (χ0v) is 11.8. The molecule has 0 saturated carbocycles. The molecule has 2 aromatic carbocycles. The van der Waals surface area contributed by atoms with Crippen LogP contribution in [0.3, 0.4) is 0 Å². The molecule has 1 nitrogen and oxygen atoms in total. The summed E-state index contributed by atoms with van der Waals surface area (Å²) in [6.45, 7) is 8.36. The number of rotatable bonds is 4. The van der Waals surface area contributed by atoms with E-state index in [9.17, 15) is 0 Å². The van der Waals surface area contributed by atoms with E-state index in [0.717, 1.165) is 33.7 Å². The second kappa shape index (κ2) is 5.68. The second-order valence-corrected chi connectivity index (χ2v) is 4.97. The van der Waals surface area contributed by atoms with Gasteiger partial charge in [-0.3, -0.25) is 0 Å². The predicted octanol–water partition coefficient (Wildman–Crippen LogP) is 5.14. The molecule has 0 saturated heterocycles. The minimum atomic E-state index is 0.989. The standard InChI is InChI=1S/C20H17N/c1-15(17-9-5-3-6-10-17)19-13-14-20(21-19)16(2)18-11-7-4-8-12-18/h3-14,21H,1-2H2. The molecule has 0 aliphatic rings. The fourth-order valence-corrected chi connectivity index (χ4v) is 2.34. The average molecular weight is 271 g/mol. The zero-order chi connectivity index (χ0) is 14.7. The zero-order valence-electron chi connectivity index (χ0n) is 11.8. The molecule has 0 unspecified atom stereocenters. The quantitative estimate of drug-likeness (QED) is 0.676. The number of hydrogen-bond acceptors (Lipinski definition) is 0. The molecule has 0 amide bonds. The van der Waals surface area contributed by atoms with Crippen molar-refractivity contribution in [1.29, 1.82) is 0 Å². The van der Waals surface area contributed by atoms with Crippen LogP contribution in [0.2, 0.25) is 0 Å². The first-order valence-electron chi connectivity index (χ1n) is 6.94. The molecule has 0 fully saturated rings. The highest BCUT2D eigenvalue weighted by molar-refractivity contribution is 5.80. The van der Waals surface area contributed by atoms with E-state index in [-0.39, 0.29) is 0 Å².